The smallest absolute Gasteiger partial charge is 0.119 e. The van der Waals surface area contributed by atoms with Gasteiger partial charge in [-0.05, 0) is 76.3 Å². The van der Waals surface area contributed by atoms with E-state index in [-0.39, 0.29) is 11.6 Å². The van der Waals surface area contributed by atoms with Gasteiger partial charge >= 0.3 is 0 Å². The first-order valence-corrected chi connectivity index (χ1v) is 10.0. The molecule has 27 heavy (non-hydrogen) atoms. The van der Waals surface area contributed by atoms with E-state index in [1.165, 1.54) is 35.8 Å². The molecule has 3 N–H and O–H groups in total. The number of ether oxygens (including phenoxy) is 2. The van der Waals surface area contributed by atoms with Crippen LogP contribution in [-0.2, 0) is 4.74 Å². The number of aromatic amines is 1. The first-order chi connectivity index (χ1) is 12.7. The average Bonchev–Trinajstić information content (AvgIpc) is 3.38. The lowest BCUT2D eigenvalue weighted by molar-refractivity contribution is 0.0525. The van der Waals surface area contributed by atoms with Crippen LogP contribution in [0.15, 0.2) is 35.7 Å². The van der Waals surface area contributed by atoms with E-state index in [0.29, 0.717) is 0 Å². The first kappa shape index (κ1) is 21.4. The molecule has 150 valence electrons. The summed E-state index contributed by atoms with van der Waals surface area (Å²) in [5.74, 6) is 2.02. The molecule has 1 unspecified atom stereocenters. The van der Waals surface area contributed by atoms with Crippen molar-refractivity contribution in [1.29, 1.82) is 0 Å². The van der Waals surface area contributed by atoms with E-state index < -0.39 is 0 Å². The maximum Gasteiger partial charge on any atom is 0.119 e. The van der Waals surface area contributed by atoms with Crippen molar-refractivity contribution in [3.05, 3.63) is 41.3 Å². The number of nitrogens with two attached hydrogens (primary N) is 1. The zero-order valence-electron chi connectivity index (χ0n) is 17.8. The molecule has 1 aliphatic carbocycles. The van der Waals surface area contributed by atoms with Crippen LogP contribution in [-0.4, -0.2) is 17.7 Å². The van der Waals surface area contributed by atoms with E-state index in [1.807, 2.05) is 24.4 Å². The van der Waals surface area contributed by atoms with Gasteiger partial charge < -0.3 is 20.2 Å². The van der Waals surface area contributed by atoms with Crippen molar-refractivity contribution in [2.45, 2.75) is 78.4 Å². The molecule has 1 atom stereocenters. The normalized spacial score (nSPS) is 14.4. The molecule has 1 heterocycles. The van der Waals surface area contributed by atoms with E-state index in [0.717, 1.165) is 29.9 Å². The summed E-state index contributed by atoms with van der Waals surface area (Å²) in [6, 6.07) is 6.15. The topological polar surface area (TPSA) is 60.3 Å². The van der Waals surface area contributed by atoms with Crippen molar-refractivity contribution in [2.75, 3.05) is 7.11 Å². The molecule has 2 aromatic rings. The Morgan fingerprint density at radius 1 is 1.26 bits per heavy atom. The molecule has 1 aliphatic rings. The number of benzene rings is 1. The predicted molar refractivity (Wildman–Crippen MR) is 114 cm³/mol. The van der Waals surface area contributed by atoms with Gasteiger partial charge in [-0.15, -0.1) is 0 Å². The van der Waals surface area contributed by atoms with Crippen molar-refractivity contribution in [3.8, 4) is 5.75 Å². The number of fused-ring (bicyclic) bond motifs is 1. The Hall–Kier alpha value is -1.94. The minimum atomic E-state index is -0.0142. The van der Waals surface area contributed by atoms with Crippen molar-refractivity contribution in [3.63, 3.8) is 0 Å². The summed E-state index contributed by atoms with van der Waals surface area (Å²) in [6.07, 6.45) is 7.89. The second kappa shape index (κ2) is 9.32. The molecule has 1 aromatic carbocycles. The number of hydrogen-bond acceptors (Lipinski definition) is 3. The summed E-state index contributed by atoms with van der Waals surface area (Å²) in [7, 11) is 1.69. The van der Waals surface area contributed by atoms with Gasteiger partial charge in [-0.3, -0.25) is 0 Å². The Balaban J connectivity index is 0.000000223. The summed E-state index contributed by atoms with van der Waals surface area (Å²) < 4.78 is 10.9. The maximum absolute atomic E-state index is 6.22. The number of rotatable bonds is 6. The number of H-pyrrole nitrogens is 1. The van der Waals surface area contributed by atoms with Gasteiger partial charge in [-0.2, -0.15) is 0 Å². The molecule has 1 saturated carbocycles. The summed E-state index contributed by atoms with van der Waals surface area (Å²) >= 11 is 0. The van der Waals surface area contributed by atoms with Crippen LogP contribution in [0.5, 0.6) is 5.75 Å². The molecule has 1 fully saturated rings. The van der Waals surface area contributed by atoms with Crippen molar-refractivity contribution in [1.82, 2.24) is 4.98 Å². The standard InChI is InChI=1S/C14H20N2O.C9H16O/c1-3-4-5-13(15)12-9-16-14-7-6-10(17-2)8-11(12)14;1-7(8-5-6-8)10-9(2,3)4/h6-9,13,16H,3-5,15H2,1-2H3;5-6H2,1-4H3. The summed E-state index contributed by atoms with van der Waals surface area (Å²) in [6.45, 7) is 10.5. The lowest BCUT2D eigenvalue weighted by Crippen LogP contribution is -2.17. The minimum Gasteiger partial charge on any atom is -0.497 e. The quantitative estimate of drug-likeness (QED) is 0.590. The summed E-state index contributed by atoms with van der Waals surface area (Å²) in [5.41, 5.74) is 10.0. The molecular formula is C23H36N2O2. The van der Waals surface area contributed by atoms with E-state index in [2.05, 4.69) is 39.6 Å². The van der Waals surface area contributed by atoms with Crippen molar-refractivity contribution in [2.24, 2.45) is 5.73 Å². The fourth-order valence-corrected chi connectivity index (χ4v) is 3.08. The monoisotopic (exact) mass is 372 g/mol. The molecule has 0 bridgehead atoms. The van der Waals surface area contributed by atoms with Crippen molar-refractivity contribution >= 4 is 10.9 Å². The molecule has 4 nitrogen and oxygen atoms in total. The van der Waals surface area contributed by atoms with Crippen LogP contribution in [0.4, 0.5) is 0 Å². The predicted octanol–water partition coefficient (Wildman–Crippen LogP) is 6.24. The lowest BCUT2D eigenvalue weighted by Gasteiger charge is -2.21. The largest absolute Gasteiger partial charge is 0.497 e. The maximum atomic E-state index is 6.22. The third-order valence-corrected chi connectivity index (χ3v) is 4.65. The van der Waals surface area contributed by atoms with Crippen LogP contribution in [0.2, 0.25) is 0 Å². The molecule has 4 heteroatoms. The summed E-state index contributed by atoms with van der Waals surface area (Å²) in [4.78, 5) is 3.26. The highest BCUT2D eigenvalue weighted by Gasteiger charge is 2.19. The average molecular weight is 373 g/mol. The minimum absolute atomic E-state index is 0.0142. The van der Waals surface area contributed by atoms with Crippen LogP contribution in [0.25, 0.3) is 10.9 Å². The number of allylic oxidation sites excluding steroid dienone is 2. The van der Waals surface area contributed by atoms with Crippen LogP contribution < -0.4 is 10.5 Å². The first-order valence-electron chi connectivity index (χ1n) is 10.0. The van der Waals surface area contributed by atoms with Crippen molar-refractivity contribution < 1.29 is 9.47 Å². The van der Waals surface area contributed by atoms with E-state index in [4.69, 9.17) is 15.2 Å². The van der Waals surface area contributed by atoms with Gasteiger partial charge in [0.05, 0.1) is 12.9 Å². The molecule has 3 rings (SSSR count). The van der Waals surface area contributed by atoms with Gasteiger partial charge in [0, 0.05) is 23.1 Å². The Morgan fingerprint density at radius 3 is 2.52 bits per heavy atom. The molecular weight excluding hydrogens is 336 g/mol. The SMILES string of the molecule is CC(OC(C)(C)C)=C1CC1.CCCCC(N)c1c[nH]c2ccc(OC)cc12. The van der Waals surface area contributed by atoms with Gasteiger partial charge in [0.2, 0.25) is 0 Å². The lowest BCUT2D eigenvalue weighted by atomic mass is 10.0. The third kappa shape index (κ3) is 6.62. The van der Waals surface area contributed by atoms with Crippen LogP contribution in [0.1, 0.15) is 78.3 Å². The Kier molecular flexibility index (Phi) is 7.37. The molecule has 0 saturated heterocycles. The number of methoxy groups -OCH3 is 1. The van der Waals surface area contributed by atoms with Crippen LogP contribution in [0.3, 0.4) is 0 Å². The van der Waals surface area contributed by atoms with E-state index in [9.17, 15) is 0 Å². The number of hydrogen-bond donors (Lipinski definition) is 2. The van der Waals surface area contributed by atoms with Gasteiger partial charge in [-0.1, -0.05) is 19.8 Å². The van der Waals surface area contributed by atoms with E-state index in [1.54, 1.807) is 7.11 Å². The van der Waals surface area contributed by atoms with Crippen LogP contribution >= 0.6 is 0 Å². The second-order valence-electron chi connectivity index (χ2n) is 8.28. The van der Waals surface area contributed by atoms with Gasteiger partial charge in [0.25, 0.3) is 0 Å². The fraction of sp³-hybridized carbons (Fsp3) is 0.565. The Morgan fingerprint density at radius 2 is 1.96 bits per heavy atom. The molecule has 0 aliphatic heterocycles. The Labute approximate surface area is 164 Å². The number of nitrogens with one attached hydrogen (secondary N) is 1. The third-order valence-electron chi connectivity index (χ3n) is 4.65. The Bertz CT molecular complexity index is 762. The zero-order chi connectivity index (χ0) is 20.0. The molecule has 0 spiro atoms. The molecule has 0 radical (unpaired) electrons. The highest BCUT2D eigenvalue weighted by molar-refractivity contribution is 5.85. The van der Waals surface area contributed by atoms with Gasteiger partial charge in [0.15, 0.2) is 0 Å². The number of unbranched alkanes of at least 4 members (excludes halogenated alkanes) is 1. The van der Waals surface area contributed by atoms with Gasteiger partial charge in [-0.25, -0.2) is 0 Å². The highest BCUT2D eigenvalue weighted by atomic mass is 16.5. The molecule has 1 aromatic heterocycles. The molecule has 0 amide bonds. The highest BCUT2D eigenvalue weighted by Crippen LogP contribution is 2.33. The second-order valence-corrected chi connectivity index (χ2v) is 8.28. The van der Waals surface area contributed by atoms with Crippen LogP contribution in [0, 0.1) is 0 Å². The number of aromatic nitrogens is 1. The van der Waals surface area contributed by atoms with E-state index >= 15 is 0 Å². The zero-order valence-corrected chi connectivity index (χ0v) is 17.8. The fourth-order valence-electron chi connectivity index (χ4n) is 3.08. The van der Waals surface area contributed by atoms with Gasteiger partial charge in [0.1, 0.15) is 11.4 Å². The summed E-state index contributed by atoms with van der Waals surface area (Å²) in [5, 5.41) is 1.17.